The Kier molecular flexibility index (Phi) is 4.55. The van der Waals surface area contributed by atoms with Crippen LogP contribution in [0.25, 0.3) is 11.2 Å². The molecule has 1 fully saturated rings. The van der Waals surface area contributed by atoms with Crippen LogP contribution < -0.4 is 10.2 Å². The molecule has 142 valence electrons. The zero-order valence-electron chi connectivity index (χ0n) is 15.8. The minimum atomic E-state index is -0.129. The summed E-state index contributed by atoms with van der Waals surface area (Å²) in [7, 11) is 0. The van der Waals surface area contributed by atoms with Gasteiger partial charge in [-0.1, -0.05) is 0 Å². The number of aromatic amines is 1. The summed E-state index contributed by atoms with van der Waals surface area (Å²) in [5.41, 5.74) is 3.23. The molecule has 1 saturated heterocycles. The van der Waals surface area contributed by atoms with E-state index in [4.69, 9.17) is 4.42 Å². The Morgan fingerprint density at radius 1 is 1.30 bits per heavy atom. The van der Waals surface area contributed by atoms with Gasteiger partial charge in [0.1, 0.15) is 5.82 Å². The molecule has 8 nitrogen and oxygen atoms in total. The number of aryl methyl sites for hydroxylation is 2. The second-order valence-corrected chi connectivity index (χ2v) is 7.21. The van der Waals surface area contributed by atoms with Gasteiger partial charge in [-0.3, -0.25) is 4.79 Å². The molecule has 4 rings (SSSR count). The fraction of sp³-hybridized carbons (Fsp3) is 0.474. The summed E-state index contributed by atoms with van der Waals surface area (Å²) in [6.07, 6.45) is 3.30. The van der Waals surface area contributed by atoms with Gasteiger partial charge in [-0.05, 0) is 45.7 Å². The Morgan fingerprint density at radius 3 is 2.78 bits per heavy atom. The first kappa shape index (κ1) is 17.5. The first-order valence-electron chi connectivity index (χ1n) is 9.30. The topological polar surface area (TPSA) is 99.9 Å². The standard InChI is InChI=1S/C19H24N6O2/c1-11-4-5-15-17(21-11)24-19(27-15)25-8-6-14(7-9-25)18(26)23-13(3)16-20-10-12(2)22-16/h4-5,10,13-14H,6-9H2,1-3H3,(H,20,22)(H,23,26). The van der Waals surface area contributed by atoms with Gasteiger partial charge < -0.3 is 19.6 Å². The quantitative estimate of drug-likeness (QED) is 0.734. The van der Waals surface area contributed by atoms with Crippen molar-refractivity contribution >= 4 is 23.2 Å². The third kappa shape index (κ3) is 3.65. The van der Waals surface area contributed by atoms with Gasteiger partial charge in [-0.2, -0.15) is 4.98 Å². The van der Waals surface area contributed by atoms with E-state index in [-0.39, 0.29) is 17.9 Å². The lowest BCUT2D eigenvalue weighted by molar-refractivity contribution is -0.126. The molecule has 0 spiro atoms. The highest BCUT2D eigenvalue weighted by atomic mass is 16.4. The second kappa shape index (κ2) is 7.02. The summed E-state index contributed by atoms with van der Waals surface area (Å²) in [6.45, 7) is 7.29. The summed E-state index contributed by atoms with van der Waals surface area (Å²) >= 11 is 0. The SMILES string of the molecule is Cc1ccc2oc(N3CCC(C(=O)NC(C)c4ncc(C)[nH]4)CC3)nc2n1. The molecule has 1 aliphatic rings. The van der Waals surface area contributed by atoms with Gasteiger partial charge in [0, 0.05) is 36.6 Å². The average Bonchev–Trinajstić information content (AvgIpc) is 3.27. The van der Waals surface area contributed by atoms with Crippen LogP contribution in [0, 0.1) is 19.8 Å². The van der Waals surface area contributed by atoms with E-state index in [0.29, 0.717) is 17.2 Å². The van der Waals surface area contributed by atoms with E-state index in [9.17, 15) is 4.79 Å². The fourth-order valence-electron chi connectivity index (χ4n) is 3.42. The predicted octanol–water partition coefficient (Wildman–Crippen LogP) is 2.66. The second-order valence-electron chi connectivity index (χ2n) is 7.21. The number of rotatable bonds is 4. The van der Waals surface area contributed by atoms with Gasteiger partial charge in [-0.15, -0.1) is 0 Å². The Morgan fingerprint density at radius 2 is 2.07 bits per heavy atom. The van der Waals surface area contributed by atoms with E-state index < -0.39 is 0 Å². The number of aromatic nitrogens is 4. The lowest BCUT2D eigenvalue weighted by atomic mass is 9.96. The number of imidazole rings is 1. The Bertz CT molecular complexity index is 954. The molecular weight excluding hydrogens is 344 g/mol. The number of anilines is 1. The number of hydrogen-bond donors (Lipinski definition) is 2. The molecule has 3 aromatic heterocycles. The summed E-state index contributed by atoms with van der Waals surface area (Å²) in [4.78, 5) is 31.0. The molecular formula is C19H24N6O2. The van der Waals surface area contributed by atoms with Gasteiger partial charge >= 0.3 is 0 Å². The maximum atomic E-state index is 12.6. The largest absolute Gasteiger partial charge is 0.422 e. The summed E-state index contributed by atoms with van der Waals surface area (Å²) in [6, 6.07) is 4.26. The van der Waals surface area contributed by atoms with Crippen LogP contribution in [0.2, 0.25) is 0 Å². The molecule has 0 aromatic carbocycles. The Hall–Kier alpha value is -2.90. The van der Waals surface area contributed by atoms with E-state index >= 15 is 0 Å². The highest BCUT2D eigenvalue weighted by molar-refractivity contribution is 5.79. The number of H-pyrrole nitrogens is 1. The Labute approximate surface area is 157 Å². The molecule has 8 heteroatoms. The average molecular weight is 368 g/mol. The number of fused-ring (bicyclic) bond motifs is 1. The number of amides is 1. The number of nitrogens with one attached hydrogen (secondary N) is 2. The van der Waals surface area contributed by atoms with Crippen molar-refractivity contribution in [1.29, 1.82) is 0 Å². The lowest BCUT2D eigenvalue weighted by Gasteiger charge is -2.30. The third-order valence-corrected chi connectivity index (χ3v) is 5.01. The maximum absolute atomic E-state index is 12.6. The third-order valence-electron chi connectivity index (χ3n) is 5.01. The lowest BCUT2D eigenvalue weighted by Crippen LogP contribution is -2.41. The monoisotopic (exact) mass is 368 g/mol. The molecule has 1 amide bonds. The number of oxazole rings is 1. The van der Waals surface area contributed by atoms with Crippen LogP contribution in [-0.4, -0.2) is 38.9 Å². The van der Waals surface area contributed by atoms with Crippen molar-refractivity contribution in [3.8, 4) is 0 Å². The highest BCUT2D eigenvalue weighted by Crippen LogP contribution is 2.26. The minimum Gasteiger partial charge on any atom is -0.422 e. The number of carbonyl (C=O) groups is 1. The molecule has 0 aliphatic carbocycles. The van der Waals surface area contributed by atoms with E-state index in [1.54, 1.807) is 6.20 Å². The first-order valence-corrected chi connectivity index (χ1v) is 9.30. The van der Waals surface area contributed by atoms with Crippen LogP contribution in [0.3, 0.4) is 0 Å². The number of nitrogens with zero attached hydrogens (tertiary/aromatic N) is 4. The van der Waals surface area contributed by atoms with Crippen molar-refractivity contribution in [2.75, 3.05) is 18.0 Å². The highest BCUT2D eigenvalue weighted by Gasteiger charge is 2.28. The van der Waals surface area contributed by atoms with Crippen LogP contribution in [0.1, 0.15) is 43.0 Å². The van der Waals surface area contributed by atoms with Crippen molar-refractivity contribution in [3.63, 3.8) is 0 Å². The van der Waals surface area contributed by atoms with Gasteiger partial charge in [-0.25, -0.2) is 9.97 Å². The summed E-state index contributed by atoms with van der Waals surface area (Å²) < 4.78 is 5.82. The number of pyridine rings is 1. The molecule has 4 heterocycles. The fourth-order valence-corrected chi connectivity index (χ4v) is 3.42. The van der Waals surface area contributed by atoms with Gasteiger partial charge in [0.2, 0.25) is 11.6 Å². The van der Waals surface area contributed by atoms with Gasteiger partial charge in [0.15, 0.2) is 5.58 Å². The summed E-state index contributed by atoms with van der Waals surface area (Å²) in [5.74, 6) is 0.850. The zero-order valence-corrected chi connectivity index (χ0v) is 15.8. The van der Waals surface area contributed by atoms with Crippen molar-refractivity contribution < 1.29 is 9.21 Å². The summed E-state index contributed by atoms with van der Waals surface area (Å²) in [5, 5.41) is 3.06. The molecule has 0 bridgehead atoms. The van der Waals surface area contributed by atoms with Crippen LogP contribution in [0.5, 0.6) is 0 Å². The van der Waals surface area contributed by atoms with Crippen molar-refractivity contribution in [3.05, 3.63) is 35.5 Å². The number of hydrogen-bond acceptors (Lipinski definition) is 6. The molecule has 3 aromatic rings. The predicted molar refractivity (Wildman–Crippen MR) is 101 cm³/mol. The maximum Gasteiger partial charge on any atom is 0.299 e. The smallest absolute Gasteiger partial charge is 0.299 e. The van der Waals surface area contributed by atoms with Crippen LogP contribution in [0.15, 0.2) is 22.7 Å². The first-order chi connectivity index (χ1) is 13.0. The molecule has 1 atom stereocenters. The molecule has 2 N–H and O–H groups in total. The van der Waals surface area contributed by atoms with Crippen LogP contribution >= 0.6 is 0 Å². The zero-order chi connectivity index (χ0) is 19.0. The van der Waals surface area contributed by atoms with Crippen molar-refractivity contribution in [2.24, 2.45) is 5.92 Å². The van der Waals surface area contributed by atoms with Crippen molar-refractivity contribution in [2.45, 2.75) is 39.7 Å². The van der Waals surface area contributed by atoms with E-state index in [1.807, 2.05) is 32.9 Å². The van der Waals surface area contributed by atoms with Crippen LogP contribution in [-0.2, 0) is 4.79 Å². The molecule has 1 unspecified atom stereocenters. The minimum absolute atomic E-state index is 0.00972. The van der Waals surface area contributed by atoms with Gasteiger partial charge in [0.05, 0.1) is 6.04 Å². The van der Waals surface area contributed by atoms with Crippen molar-refractivity contribution in [1.82, 2.24) is 25.3 Å². The Balaban J connectivity index is 1.35. The normalized spacial score (nSPS) is 16.6. The van der Waals surface area contributed by atoms with E-state index in [1.165, 1.54) is 0 Å². The van der Waals surface area contributed by atoms with Crippen LogP contribution in [0.4, 0.5) is 6.01 Å². The van der Waals surface area contributed by atoms with E-state index in [2.05, 4.69) is 30.2 Å². The molecule has 0 saturated carbocycles. The molecule has 1 aliphatic heterocycles. The number of carbonyl (C=O) groups excluding carboxylic acids is 1. The van der Waals surface area contributed by atoms with E-state index in [0.717, 1.165) is 43.1 Å². The number of piperidine rings is 1. The van der Waals surface area contributed by atoms with Gasteiger partial charge in [0.25, 0.3) is 6.01 Å². The molecule has 0 radical (unpaired) electrons. The molecule has 27 heavy (non-hydrogen) atoms.